The number of carbonyl (C=O) groups excluding carboxylic acids is 1. The van der Waals surface area contributed by atoms with Gasteiger partial charge in [-0.3, -0.25) is 0 Å². The Hall–Kier alpha value is -1.99. The van der Waals surface area contributed by atoms with E-state index < -0.39 is 30.2 Å². The summed E-state index contributed by atoms with van der Waals surface area (Å²) < 4.78 is 50.8. The largest absolute Gasteiger partial charge is 0.303 e. The molecule has 0 radical (unpaired) electrons. The Morgan fingerprint density at radius 2 is 1.20 bits per heavy atom. The van der Waals surface area contributed by atoms with Crippen LogP contribution in [0.5, 0.6) is 0 Å². The van der Waals surface area contributed by atoms with Crippen molar-refractivity contribution in [2.75, 3.05) is 0 Å². The Bertz CT molecular complexity index is 835. The third-order valence-corrected chi connectivity index (χ3v) is 9.44. The molecule has 2 rings (SSSR count). The predicted molar refractivity (Wildman–Crippen MR) is 95.5 cm³/mol. The van der Waals surface area contributed by atoms with Gasteiger partial charge in [0, 0.05) is 6.42 Å². The van der Waals surface area contributed by atoms with Gasteiger partial charge in [0.1, 0.15) is 6.29 Å². The smallest absolute Gasteiger partial charge is 0.196 e. The van der Waals surface area contributed by atoms with Crippen LogP contribution in [0.2, 0.25) is 0 Å². The highest BCUT2D eigenvalue weighted by atomic mass is 32.3. The zero-order valence-electron chi connectivity index (χ0n) is 13.8. The van der Waals surface area contributed by atoms with Crippen LogP contribution in [0, 0.1) is 5.92 Å². The second-order valence-corrected chi connectivity index (χ2v) is 10.1. The summed E-state index contributed by atoms with van der Waals surface area (Å²) in [6, 6.07) is 15.0. The van der Waals surface area contributed by atoms with Gasteiger partial charge < -0.3 is 4.79 Å². The molecule has 0 amide bonds. The Morgan fingerprint density at radius 3 is 1.52 bits per heavy atom. The second kappa shape index (κ2) is 7.93. The van der Waals surface area contributed by atoms with Crippen molar-refractivity contribution >= 4 is 26.0 Å². The van der Waals surface area contributed by atoms with Crippen molar-refractivity contribution in [2.24, 2.45) is 5.92 Å². The van der Waals surface area contributed by atoms with E-state index in [9.17, 15) is 21.6 Å². The highest BCUT2D eigenvalue weighted by Gasteiger charge is 2.44. The van der Waals surface area contributed by atoms with E-state index in [1.54, 1.807) is 43.3 Å². The minimum Gasteiger partial charge on any atom is -0.303 e. The van der Waals surface area contributed by atoms with Crippen molar-refractivity contribution in [1.82, 2.24) is 0 Å². The van der Waals surface area contributed by atoms with Gasteiger partial charge in [-0.15, -0.1) is 0 Å². The first-order valence-electron chi connectivity index (χ1n) is 7.87. The lowest BCUT2D eigenvalue weighted by Crippen LogP contribution is -2.37. The summed E-state index contributed by atoms with van der Waals surface area (Å²) in [6.07, 6.45) is 0.684. The number of carbonyl (C=O) groups is 1. The van der Waals surface area contributed by atoms with E-state index in [-0.39, 0.29) is 22.6 Å². The van der Waals surface area contributed by atoms with Crippen molar-refractivity contribution in [3.63, 3.8) is 0 Å². The molecule has 2 aromatic carbocycles. The van der Waals surface area contributed by atoms with Crippen molar-refractivity contribution in [2.45, 2.75) is 34.1 Å². The fourth-order valence-electron chi connectivity index (χ4n) is 2.76. The van der Waals surface area contributed by atoms with E-state index in [2.05, 4.69) is 0 Å². The standard InChI is InChI=1S/C18H20O5S2/c1-2-15(13-14-19)18(24(20,21)16-9-5-3-6-10-16)25(22,23)17-11-7-4-8-12-17/h3-12,14-15,18H,2,13H2,1H3/t15-/m1/s1. The Morgan fingerprint density at radius 1 is 0.800 bits per heavy atom. The topological polar surface area (TPSA) is 85.3 Å². The molecule has 0 bridgehead atoms. The summed E-state index contributed by atoms with van der Waals surface area (Å²) in [4.78, 5) is 10.9. The summed E-state index contributed by atoms with van der Waals surface area (Å²) in [5, 5.41) is 0. The van der Waals surface area contributed by atoms with Crippen molar-refractivity contribution in [1.29, 1.82) is 0 Å². The van der Waals surface area contributed by atoms with E-state index in [4.69, 9.17) is 0 Å². The van der Waals surface area contributed by atoms with Crippen LogP contribution in [-0.2, 0) is 24.5 Å². The maximum atomic E-state index is 13.1. The molecule has 0 saturated heterocycles. The molecular formula is C18H20O5S2. The molecule has 0 heterocycles. The van der Waals surface area contributed by atoms with Gasteiger partial charge in [-0.05, 0) is 30.2 Å². The molecule has 0 aromatic heterocycles. The number of aldehydes is 1. The molecule has 0 fully saturated rings. The highest BCUT2D eigenvalue weighted by molar-refractivity contribution is 8.09. The van der Waals surface area contributed by atoms with Crippen LogP contribution in [0.15, 0.2) is 70.5 Å². The van der Waals surface area contributed by atoms with E-state index in [0.29, 0.717) is 6.29 Å². The summed E-state index contributed by atoms with van der Waals surface area (Å²) in [5.74, 6) is -0.826. The second-order valence-electron chi connectivity index (χ2n) is 5.66. The van der Waals surface area contributed by atoms with Gasteiger partial charge in [0.25, 0.3) is 0 Å². The van der Waals surface area contributed by atoms with Crippen LogP contribution in [0.4, 0.5) is 0 Å². The lowest BCUT2D eigenvalue weighted by Gasteiger charge is -2.25. The Balaban J connectivity index is 2.68. The molecular weight excluding hydrogens is 360 g/mol. The van der Waals surface area contributed by atoms with Gasteiger partial charge in [0.2, 0.25) is 0 Å². The van der Waals surface area contributed by atoms with Crippen LogP contribution in [-0.4, -0.2) is 27.7 Å². The summed E-state index contributed by atoms with van der Waals surface area (Å²) >= 11 is 0. The number of hydrogen-bond donors (Lipinski definition) is 0. The van der Waals surface area contributed by atoms with E-state index >= 15 is 0 Å². The normalized spacial score (nSPS) is 13.5. The molecule has 0 saturated carbocycles. The van der Waals surface area contributed by atoms with Crippen LogP contribution in [0.1, 0.15) is 19.8 Å². The van der Waals surface area contributed by atoms with Crippen LogP contribution in [0.25, 0.3) is 0 Å². The minimum atomic E-state index is -4.19. The maximum Gasteiger partial charge on any atom is 0.196 e. The number of rotatable bonds is 8. The SMILES string of the molecule is CC[C@H](CC=O)C(S(=O)(=O)c1ccccc1)S(=O)(=O)c1ccccc1. The molecule has 1 atom stereocenters. The first-order chi connectivity index (χ1) is 11.9. The lowest BCUT2D eigenvalue weighted by atomic mass is 10.1. The van der Waals surface area contributed by atoms with E-state index in [1.807, 2.05) is 0 Å². The number of hydrogen-bond acceptors (Lipinski definition) is 5. The molecule has 0 spiro atoms. The average molecular weight is 380 g/mol. The fourth-order valence-corrected chi connectivity index (χ4v) is 7.99. The third kappa shape index (κ3) is 3.99. The predicted octanol–water partition coefficient (Wildman–Crippen LogP) is 2.88. The zero-order valence-corrected chi connectivity index (χ0v) is 15.4. The fraction of sp³-hybridized carbons (Fsp3) is 0.278. The molecule has 0 N–H and O–H groups in total. The Labute approximate surface area is 148 Å². The Kier molecular flexibility index (Phi) is 6.13. The van der Waals surface area contributed by atoms with Gasteiger partial charge >= 0.3 is 0 Å². The van der Waals surface area contributed by atoms with Crippen molar-refractivity contribution in [3.05, 3.63) is 60.7 Å². The molecule has 2 aromatic rings. The molecule has 0 aliphatic rings. The molecule has 0 unspecified atom stereocenters. The van der Waals surface area contributed by atoms with Gasteiger partial charge in [-0.25, -0.2) is 16.8 Å². The van der Waals surface area contributed by atoms with Crippen molar-refractivity contribution < 1.29 is 21.6 Å². The molecule has 134 valence electrons. The first kappa shape index (κ1) is 19.3. The first-order valence-corrected chi connectivity index (χ1v) is 11.0. The summed E-state index contributed by atoms with van der Waals surface area (Å²) in [6.45, 7) is 1.68. The lowest BCUT2D eigenvalue weighted by molar-refractivity contribution is -0.108. The maximum absolute atomic E-state index is 13.1. The molecule has 5 nitrogen and oxygen atoms in total. The van der Waals surface area contributed by atoms with Gasteiger partial charge in [0.05, 0.1) is 9.79 Å². The molecule has 25 heavy (non-hydrogen) atoms. The zero-order chi connectivity index (χ0) is 18.5. The van der Waals surface area contributed by atoms with E-state index in [0.717, 1.165) is 0 Å². The van der Waals surface area contributed by atoms with E-state index in [1.165, 1.54) is 24.3 Å². The number of benzene rings is 2. The van der Waals surface area contributed by atoms with Gasteiger partial charge in [-0.2, -0.15) is 0 Å². The van der Waals surface area contributed by atoms with Crippen LogP contribution >= 0.6 is 0 Å². The van der Waals surface area contributed by atoms with Gasteiger partial charge in [-0.1, -0.05) is 49.7 Å². The third-order valence-electron chi connectivity index (χ3n) is 4.06. The van der Waals surface area contributed by atoms with Crippen molar-refractivity contribution in [3.8, 4) is 0 Å². The van der Waals surface area contributed by atoms with Crippen LogP contribution in [0.3, 0.4) is 0 Å². The quantitative estimate of drug-likeness (QED) is 0.657. The average Bonchev–Trinajstić information content (AvgIpc) is 2.62. The van der Waals surface area contributed by atoms with Crippen LogP contribution < -0.4 is 0 Å². The minimum absolute atomic E-state index is 0.0659. The molecule has 7 heteroatoms. The summed E-state index contributed by atoms with van der Waals surface area (Å²) in [7, 11) is -8.37. The monoisotopic (exact) mass is 380 g/mol. The molecule has 0 aliphatic heterocycles. The molecule has 0 aliphatic carbocycles. The summed E-state index contributed by atoms with van der Waals surface area (Å²) in [5.41, 5.74) is 0. The van der Waals surface area contributed by atoms with Gasteiger partial charge in [0.15, 0.2) is 24.3 Å². The number of sulfone groups is 2. The highest BCUT2D eigenvalue weighted by Crippen LogP contribution is 2.33.